The van der Waals surface area contributed by atoms with Crippen LogP contribution >= 0.6 is 11.8 Å². The smallest absolute Gasteiger partial charge is 0.235 e. The Morgan fingerprint density at radius 2 is 2.12 bits per heavy atom. The normalized spacial score (nSPS) is 37.9. The molecule has 1 N–H and O–H groups in total. The van der Waals surface area contributed by atoms with Crippen LogP contribution in [-0.2, 0) is 4.79 Å². The Balaban J connectivity index is 1.59. The number of hydrogen-bond acceptors (Lipinski definition) is 3. The third-order valence-corrected chi connectivity index (χ3v) is 5.73. The summed E-state index contributed by atoms with van der Waals surface area (Å²) < 4.78 is 0. The van der Waals surface area contributed by atoms with E-state index < -0.39 is 0 Å². The van der Waals surface area contributed by atoms with E-state index >= 15 is 0 Å². The zero-order valence-corrected chi connectivity index (χ0v) is 11.2. The van der Waals surface area contributed by atoms with E-state index in [9.17, 15) is 4.79 Å². The predicted molar refractivity (Wildman–Crippen MR) is 71.2 cm³/mol. The number of carbonyl (C=O) groups is 1. The molecular weight excluding hydrogens is 232 g/mol. The minimum absolute atomic E-state index is 0.268. The van der Waals surface area contributed by atoms with E-state index in [1.165, 1.54) is 31.4 Å². The van der Waals surface area contributed by atoms with Gasteiger partial charge in [-0.05, 0) is 43.9 Å². The maximum absolute atomic E-state index is 12.4. The van der Waals surface area contributed by atoms with Gasteiger partial charge in [0.15, 0.2) is 0 Å². The zero-order valence-electron chi connectivity index (χ0n) is 10.4. The summed E-state index contributed by atoms with van der Waals surface area (Å²) in [7, 11) is 0. The van der Waals surface area contributed by atoms with Crippen molar-refractivity contribution in [3.8, 4) is 0 Å². The molecule has 0 aromatic rings. The number of hydrogen-bond donors (Lipinski definition) is 1. The average Bonchev–Trinajstić information content (AvgIpc) is 2.82. The second-order valence-corrected chi connectivity index (χ2v) is 6.87. The minimum Gasteiger partial charge on any atom is -0.340 e. The summed E-state index contributed by atoms with van der Waals surface area (Å²) in [5, 5.41) is 3.84. The summed E-state index contributed by atoms with van der Waals surface area (Å²) in [4.78, 5) is 14.6. The van der Waals surface area contributed by atoms with Gasteiger partial charge < -0.3 is 10.2 Å². The summed E-state index contributed by atoms with van der Waals surface area (Å²) in [6.07, 6.45) is 6.22. The van der Waals surface area contributed by atoms with E-state index in [0.29, 0.717) is 11.9 Å². The van der Waals surface area contributed by atoms with Crippen LogP contribution in [0.1, 0.15) is 32.1 Å². The van der Waals surface area contributed by atoms with E-state index in [1.807, 2.05) is 11.8 Å². The molecule has 3 fully saturated rings. The lowest BCUT2D eigenvalue weighted by atomic mass is 9.94. The summed E-state index contributed by atoms with van der Waals surface area (Å²) in [6, 6.07) is 0.585. The first-order chi connectivity index (χ1) is 8.34. The Labute approximate surface area is 108 Å². The summed E-state index contributed by atoms with van der Waals surface area (Å²) in [6.45, 7) is 3.11. The molecule has 0 bridgehead atoms. The first kappa shape index (κ1) is 11.8. The van der Waals surface area contributed by atoms with E-state index in [4.69, 9.17) is 0 Å². The van der Waals surface area contributed by atoms with Crippen molar-refractivity contribution in [1.29, 1.82) is 0 Å². The highest BCUT2D eigenvalue weighted by Gasteiger charge is 2.38. The quantitative estimate of drug-likeness (QED) is 0.769. The maximum Gasteiger partial charge on any atom is 0.235 e. The summed E-state index contributed by atoms with van der Waals surface area (Å²) >= 11 is 1.88. The van der Waals surface area contributed by atoms with Gasteiger partial charge in [-0.1, -0.05) is 6.42 Å². The number of thioether (sulfide) groups is 1. The van der Waals surface area contributed by atoms with Crippen molar-refractivity contribution in [3.05, 3.63) is 0 Å². The molecule has 0 aromatic carbocycles. The van der Waals surface area contributed by atoms with Crippen LogP contribution in [0.3, 0.4) is 0 Å². The van der Waals surface area contributed by atoms with Crippen LogP contribution in [0.4, 0.5) is 0 Å². The minimum atomic E-state index is 0.268. The molecule has 0 saturated carbocycles. The summed E-state index contributed by atoms with van der Waals surface area (Å²) in [5.74, 6) is 2.32. The number of likely N-dealkylation sites (tertiary alicyclic amines) is 1. The van der Waals surface area contributed by atoms with Crippen molar-refractivity contribution in [2.45, 2.75) is 43.4 Å². The third-order valence-electron chi connectivity index (χ3n) is 4.37. The van der Waals surface area contributed by atoms with Crippen molar-refractivity contribution >= 4 is 17.7 Å². The number of fused-ring (bicyclic) bond motifs is 1. The topological polar surface area (TPSA) is 32.3 Å². The van der Waals surface area contributed by atoms with Gasteiger partial charge >= 0.3 is 0 Å². The average molecular weight is 254 g/mol. The largest absolute Gasteiger partial charge is 0.340 e. The first-order valence-electron chi connectivity index (χ1n) is 6.98. The zero-order chi connectivity index (χ0) is 11.7. The monoisotopic (exact) mass is 254 g/mol. The highest BCUT2D eigenvalue weighted by molar-refractivity contribution is 8.00. The van der Waals surface area contributed by atoms with Crippen molar-refractivity contribution in [2.75, 3.05) is 25.4 Å². The molecule has 0 spiro atoms. The Kier molecular flexibility index (Phi) is 3.61. The molecule has 0 aliphatic carbocycles. The molecule has 3 aliphatic heterocycles. The third kappa shape index (κ3) is 2.48. The molecule has 3 aliphatic rings. The molecule has 3 saturated heterocycles. The molecule has 0 radical (unpaired) electrons. The molecule has 17 heavy (non-hydrogen) atoms. The van der Waals surface area contributed by atoms with Crippen LogP contribution in [0.2, 0.25) is 0 Å². The lowest BCUT2D eigenvalue weighted by Crippen LogP contribution is -2.42. The van der Waals surface area contributed by atoms with E-state index in [0.717, 1.165) is 32.0 Å². The lowest BCUT2D eigenvalue weighted by molar-refractivity contribution is -0.129. The van der Waals surface area contributed by atoms with Gasteiger partial charge in [-0.3, -0.25) is 4.79 Å². The fraction of sp³-hybridized carbons (Fsp3) is 0.923. The molecule has 3 heterocycles. The molecular formula is C13H22N2OS. The number of amides is 1. The second kappa shape index (κ2) is 5.19. The Morgan fingerprint density at radius 3 is 2.88 bits per heavy atom. The van der Waals surface area contributed by atoms with Gasteiger partial charge in [0.1, 0.15) is 0 Å². The Bertz CT molecular complexity index is 277. The van der Waals surface area contributed by atoms with Crippen LogP contribution in [-0.4, -0.2) is 47.5 Å². The molecule has 3 atom stereocenters. The number of carbonyl (C=O) groups excluding carboxylic acids is 1. The fourth-order valence-corrected chi connectivity index (χ4v) is 4.65. The van der Waals surface area contributed by atoms with Gasteiger partial charge in [0, 0.05) is 19.1 Å². The Morgan fingerprint density at radius 1 is 1.18 bits per heavy atom. The fourth-order valence-electron chi connectivity index (χ4n) is 3.37. The molecule has 3 nitrogen and oxygen atoms in total. The lowest BCUT2D eigenvalue weighted by Gasteiger charge is -2.25. The number of piperidine rings is 1. The SMILES string of the molecule is O=C(C1CCCCS1)N1C[C@@H]2CCCN[C@@H]2C1. The van der Waals surface area contributed by atoms with Crippen molar-refractivity contribution in [2.24, 2.45) is 5.92 Å². The van der Waals surface area contributed by atoms with Crippen molar-refractivity contribution in [3.63, 3.8) is 0 Å². The Hall–Kier alpha value is -0.220. The van der Waals surface area contributed by atoms with Crippen LogP contribution in [0, 0.1) is 5.92 Å². The van der Waals surface area contributed by atoms with Crippen LogP contribution < -0.4 is 5.32 Å². The number of nitrogens with one attached hydrogen (secondary N) is 1. The molecule has 4 heteroatoms. The molecule has 3 rings (SSSR count). The van der Waals surface area contributed by atoms with Crippen LogP contribution in [0.15, 0.2) is 0 Å². The van der Waals surface area contributed by atoms with Gasteiger partial charge in [0.2, 0.25) is 5.91 Å². The molecule has 96 valence electrons. The van der Waals surface area contributed by atoms with Gasteiger partial charge in [0.05, 0.1) is 5.25 Å². The van der Waals surface area contributed by atoms with E-state index in [1.54, 1.807) is 0 Å². The molecule has 0 aromatic heterocycles. The predicted octanol–water partition coefficient (Wildman–Crippen LogP) is 1.48. The first-order valence-corrected chi connectivity index (χ1v) is 8.03. The van der Waals surface area contributed by atoms with Crippen LogP contribution in [0.25, 0.3) is 0 Å². The van der Waals surface area contributed by atoms with Gasteiger partial charge in [-0.2, -0.15) is 0 Å². The number of nitrogens with zero attached hydrogens (tertiary/aromatic N) is 1. The maximum atomic E-state index is 12.4. The molecule has 1 amide bonds. The van der Waals surface area contributed by atoms with Crippen molar-refractivity contribution < 1.29 is 4.79 Å². The highest BCUT2D eigenvalue weighted by Crippen LogP contribution is 2.30. The van der Waals surface area contributed by atoms with Gasteiger partial charge in [-0.25, -0.2) is 0 Å². The van der Waals surface area contributed by atoms with Gasteiger partial charge in [0.25, 0.3) is 0 Å². The van der Waals surface area contributed by atoms with E-state index in [-0.39, 0.29) is 5.25 Å². The highest BCUT2D eigenvalue weighted by atomic mass is 32.2. The van der Waals surface area contributed by atoms with Crippen molar-refractivity contribution in [1.82, 2.24) is 10.2 Å². The number of rotatable bonds is 1. The van der Waals surface area contributed by atoms with Gasteiger partial charge in [-0.15, -0.1) is 11.8 Å². The van der Waals surface area contributed by atoms with E-state index in [2.05, 4.69) is 10.2 Å². The standard InChI is InChI=1S/C13H22N2OS/c16-13(12-5-1-2-7-17-12)15-8-10-4-3-6-14-11(10)9-15/h10-12,14H,1-9H2/t10-,11+,12?/m0/s1. The second-order valence-electron chi connectivity index (χ2n) is 5.56. The summed E-state index contributed by atoms with van der Waals surface area (Å²) in [5.41, 5.74) is 0. The molecule has 1 unspecified atom stereocenters. The van der Waals surface area contributed by atoms with Crippen LogP contribution in [0.5, 0.6) is 0 Å².